The number of nitrogens with two attached hydrogens (primary N) is 1. The molecule has 0 saturated carbocycles. The van der Waals surface area contributed by atoms with E-state index >= 15 is 0 Å². The second-order valence-corrected chi connectivity index (χ2v) is 11.4. The molecule has 5 rings (SSSR count). The van der Waals surface area contributed by atoms with Crippen LogP contribution in [0.1, 0.15) is 37.2 Å². The predicted molar refractivity (Wildman–Crippen MR) is 154 cm³/mol. The number of hydrogen-bond acceptors (Lipinski definition) is 7. The number of amides is 1. The van der Waals surface area contributed by atoms with Crippen LogP contribution in [0.25, 0.3) is 0 Å². The number of carbonyl (C=O) groups excluding carboxylic acids is 2. The van der Waals surface area contributed by atoms with Crippen molar-refractivity contribution in [1.29, 1.82) is 0 Å². The molecule has 1 atom stereocenters. The van der Waals surface area contributed by atoms with Gasteiger partial charge in [0.25, 0.3) is 0 Å². The van der Waals surface area contributed by atoms with Crippen LogP contribution in [0, 0.1) is 0 Å². The molecule has 0 aliphatic carbocycles. The molecule has 3 N–H and O–H groups in total. The van der Waals surface area contributed by atoms with E-state index in [9.17, 15) is 9.59 Å². The van der Waals surface area contributed by atoms with Crippen molar-refractivity contribution in [2.75, 3.05) is 24.7 Å². The van der Waals surface area contributed by atoms with Gasteiger partial charge in [-0.05, 0) is 41.3 Å². The Balaban J connectivity index is 1.42. The van der Waals surface area contributed by atoms with Crippen LogP contribution in [-0.4, -0.2) is 30.4 Å². The van der Waals surface area contributed by atoms with E-state index < -0.39 is 11.2 Å². The molecule has 194 valence electrons. The van der Waals surface area contributed by atoms with Gasteiger partial charge in [0.05, 0.1) is 12.7 Å². The lowest BCUT2D eigenvalue weighted by atomic mass is 10.0. The first kappa shape index (κ1) is 26.0. The van der Waals surface area contributed by atoms with E-state index in [0.29, 0.717) is 16.3 Å². The number of hydrogen-bond donors (Lipinski definition) is 2. The quantitative estimate of drug-likeness (QED) is 0.158. The molecule has 1 aliphatic rings. The SMILES string of the molecule is COC(=O)c1c(NC(=O)C(Sc2cccc(N)c2)c2ccccc2)sc2c1CCN(Cc1ccccc1)C2. The standard InChI is InChI=1S/C30H29N3O3S2/c1-36-30(35)26-24-15-16-33(18-20-9-4-2-5-10-20)19-25(24)38-29(26)32-28(34)27(21-11-6-3-7-12-21)37-23-14-8-13-22(31)17-23/h2-14,17,27H,15-16,18-19,31H2,1H3,(H,32,34). The maximum Gasteiger partial charge on any atom is 0.341 e. The van der Waals surface area contributed by atoms with Gasteiger partial charge >= 0.3 is 5.97 Å². The van der Waals surface area contributed by atoms with Gasteiger partial charge in [-0.15, -0.1) is 23.1 Å². The fraction of sp³-hybridized carbons (Fsp3) is 0.200. The van der Waals surface area contributed by atoms with E-state index in [0.717, 1.165) is 47.0 Å². The number of benzene rings is 3. The van der Waals surface area contributed by atoms with Crippen LogP contribution < -0.4 is 11.1 Å². The van der Waals surface area contributed by atoms with Gasteiger partial charge in [0.15, 0.2) is 0 Å². The zero-order chi connectivity index (χ0) is 26.5. The van der Waals surface area contributed by atoms with Gasteiger partial charge in [0.2, 0.25) is 5.91 Å². The van der Waals surface area contributed by atoms with Gasteiger partial charge in [0, 0.05) is 35.1 Å². The molecule has 0 bridgehead atoms. The Morgan fingerprint density at radius 2 is 1.79 bits per heavy atom. The van der Waals surface area contributed by atoms with Crippen LogP contribution in [0.5, 0.6) is 0 Å². The first-order chi connectivity index (χ1) is 18.5. The number of thiophene rings is 1. The number of methoxy groups -OCH3 is 1. The molecule has 1 aromatic heterocycles. The fourth-order valence-corrected chi connectivity index (χ4v) is 7.01. The van der Waals surface area contributed by atoms with E-state index in [1.807, 2.05) is 72.8 Å². The third-order valence-electron chi connectivity index (χ3n) is 6.46. The van der Waals surface area contributed by atoms with Crippen molar-refractivity contribution in [2.45, 2.75) is 29.7 Å². The van der Waals surface area contributed by atoms with Gasteiger partial charge in [-0.25, -0.2) is 4.79 Å². The highest BCUT2D eigenvalue weighted by Crippen LogP contribution is 2.41. The Labute approximate surface area is 230 Å². The van der Waals surface area contributed by atoms with Crippen LogP contribution in [0.4, 0.5) is 10.7 Å². The zero-order valence-electron chi connectivity index (χ0n) is 21.1. The average Bonchev–Trinajstić information content (AvgIpc) is 3.29. The van der Waals surface area contributed by atoms with Crippen molar-refractivity contribution in [1.82, 2.24) is 4.90 Å². The maximum atomic E-state index is 13.8. The number of esters is 1. The third-order valence-corrected chi connectivity index (χ3v) is 8.84. The number of nitrogen functional groups attached to an aromatic ring is 1. The molecule has 1 unspecified atom stereocenters. The second-order valence-electron chi connectivity index (χ2n) is 9.12. The summed E-state index contributed by atoms with van der Waals surface area (Å²) < 4.78 is 5.14. The lowest BCUT2D eigenvalue weighted by molar-refractivity contribution is -0.115. The van der Waals surface area contributed by atoms with Crippen LogP contribution in [0.15, 0.2) is 89.8 Å². The maximum absolute atomic E-state index is 13.8. The summed E-state index contributed by atoms with van der Waals surface area (Å²) in [6, 6.07) is 27.5. The van der Waals surface area contributed by atoms with Crippen molar-refractivity contribution in [3.8, 4) is 0 Å². The largest absolute Gasteiger partial charge is 0.465 e. The Bertz CT molecular complexity index is 1420. The summed E-state index contributed by atoms with van der Waals surface area (Å²) in [4.78, 5) is 31.0. The predicted octanol–water partition coefficient (Wildman–Crippen LogP) is 6.15. The number of nitrogens with zero attached hydrogens (tertiary/aromatic N) is 1. The molecular weight excluding hydrogens is 514 g/mol. The lowest BCUT2D eigenvalue weighted by Crippen LogP contribution is -2.29. The summed E-state index contributed by atoms with van der Waals surface area (Å²) in [5.41, 5.74) is 10.2. The summed E-state index contributed by atoms with van der Waals surface area (Å²) in [6.07, 6.45) is 0.721. The molecule has 0 fully saturated rings. The van der Waals surface area contributed by atoms with Gasteiger partial charge in [-0.1, -0.05) is 66.7 Å². The summed E-state index contributed by atoms with van der Waals surface area (Å²) in [7, 11) is 1.38. The van der Waals surface area contributed by atoms with Gasteiger partial charge < -0.3 is 15.8 Å². The number of fused-ring (bicyclic) bond motifs is 1. The Kier molecular flexibility index (Phi) is 8.12. The molecule has 8 heteroatoms. The van der Waals surface area contributed by atoms with E-state index in [1.54, 1.807) is 0 Å². The Hall–Kier alpha value is -3.59. The number of anilines is 2. The van der Waals surface area contributed by atoms with E-state index in [4.69, 9.17) is 10.5 Å². The highest BCUT2D eigenvalue weighted by molar-refractivity contribution is 8.00. The summed E-state index contributed by atoms with van der Waals surface area (Å²) in [5, 5.41) is 3.10. The summed E-state index contributed by atoms with van der Waals surface area (Å²) >= 11 is 2.89. The Morgan fingerprint density at radius 1 is 1.05 bits per heavy atom. The number of thioether (sulfide) groups is 1. The molecule has 1 amide bonds. The normalized spacial score (nSPS) is 13.9. The highest BCUT2D eigenvalue weighted by Gasteiger charge is 2.31. The van der Waals surface area contributed by atoms with Crippen LogP contribution in [0.3, 0.4) is 0 Å². The Morgan fingerprint density at radius 3 is 2.50 bits per heavy atom. The molecule has 4 aromatic rings. The van der Waals surface area contributed by atoms with E-state index in [2.05, 4.69) is 22.3 Å². The lowest BCUT2D eigenvalue weighted by Gasteiger charge is -2.27. The number of carbonyl (C=O) groups is 2. The highest BCUT2D eigenvalue weighted by atomic mass is 32.2. The first-order valence-corrected chi connectivity index (χ1v) is 14.1. The number of rotatable bonds is 8. The van der Waals surface area contributed by atoms with Crippen LogP contribution in [0.2, 0.25) is 0 Å². The van der Waals surface area contributed by atoms with E-state index in [1.165, 1.54) is 35.8 Å². The van der Waals surface area contributed by atoms with Crippen molar-refractivity contribution in [2.24, 2.45) is 0 Å². The van der Waals surface area contributed by atoms with Gasteiger partial charge in [-0.3, -0.25) is 9.69 Å². The molecule has 6 nitrogen and oxygen atoms in total. The first-order valence-electron chi connectivity index (χ1n) is 12.4. The van der Waals surface area contributed by atoms with Crippen LogP contribution in [-0.2, 0) is 29.0 Å². The molecule has 2 heterocycles. The minimum absolute atomic E-state index is 0.200. The minimum Gasteiger partial charge on any atom is -0.465 e. The van der Waals surface area contributed by atoms with Gasteiger partial charge in [0.1, 0.15) is 10.3 Å². The van der Waals surface area contributed by atoms with Gasteiger partial charge in [-0.2, -0.15) is 0 Å². The second kappa shape index (κ2) is 11.9. The average molecular weight is 544 g/mol. The number of ether oxygens (including phenoxy) is 1. The van der Waals surface area contributed by atoms with Crippen LogP contribution >= 0.6 is 23.1 Å². The van der Waals surface area contributed by atoms with Crippen molar-refractivity contribution in [3.63, 3.8) is 0 Å². The summed E-state index contributed by atoms with van der Waals surface area (Å²) in [6.45, 7) is 2.38. The molecule has 0 saturated heterocycles. The summed E-state index contributed by atoms with van der Waals surface area (Å²) in [5.74, 6) is -0.623. The monoisotopic (exact) mass is 543 g/mol. The minimum atomic E-state index is -0.530. The zero-order valence-corrected chi connectivity index (χ0v) is 22.7. The molecule has 0 spiro atoms. The molecule has 1 aliphatic heterocycles. The molecular formula is C30H29N3O3S2. The molecule has 3 aromatic carbocycles. The molecule has 0 radical (unpaired) electrons. The molecule has 38 heavy (non-hydrogen) atoms. The van der Waals surface area contributed by atoms with Crippen molar-refractivity contribution in [3.05, 3.63) is 112 Å². The van der Waals surface area contributed by atoms with Crippen molar-refractivity contribution < 1.29 is 14.3 Å². The number of nitrogens with one attached hydrogen (secondary N) is 1. The van der Waals surface area contributed by atoms with E-state index in [-0.39, 0.29) is 5.91 Å². The smallest absolute Gasteiger partial charge is 0.341 e. The third kappa shape index (κ3) is 5.93. The topological polar surface area (TPSA) is 84.7 Å². The van der Waals surface area contributed by atoms with Crippen molar-refractivity contribution >= 4 is 45.7 Å². The fourth-order valence-electron chi connectivity index (χ4n) is 4.64.